The molecule has 2 unspecified atom stereocenters. The molecule has 0 rings (SSSR count). The molecule has 0 aromatic rings. The minimum atomic E-state index is -1.85. The first-order valence-corrected chi connectivity index (χ1v) is 5.70. The third-order valence-electron chi connectivity index (χ3n) is 1.52. The molecule has 0 aromatic heterocycles. The Labute approximate surface area is 75.0 Å². The number of hydrogen-bond donors (Lipinski definition) is 1. The summed E-state index contributed by atoms with van der Waals surface area (Å²) in [7, 11) is -1.85. The van der Waals surface area contributed by atoms with E-state index >= 15 is 0 Å². The molecule has 1 N–H and O–H groups in total. The maximum absolute atomic E-state index is 10.9. The molecule has 0 radical (unpaired) electrons. The van der Waals surface area contributed by atoms with E-state index in [1.54, 1.807) is 0 Å². The summed E-state index contributed by atoms with van der Waals surface area (Å²) in [6, 6.07) is 0. The van der Waals surface area contributed by atoms with Crippen LogP contribution in [0.15, 0.2) is 0 Å². The van der Waals surface area contributed by atoms with Crippen molar-refractivity contribution in [2.24, 2.45) is 0 Å². The van der Waals surface area contributed by atoms with Gasteiger partial charge < -0.3 is 5.11 Å². The normalized spacial score (nSPS) is 14.4. The maximum Gasteiger partial charge on any atom is 0.539 e. The Bertz CT molecular complexity index is 125. The Morgan fingerprint density at radius 2 is 2.08 bits per heavy atom. The van der Waals surface area contributed by atoms with Crippen LogP contribution in [-0.2, 0) is 9.09 Å². The molecule has 0 saturated carbocycles. The van der Waals surface area contributed by atoms with E-state index in [4.69, 9.17) is 9.63 Å². The zero-order valence-electron chi connectivity index (χ0n) is 7.82. The van der Waals surface area contributed by atoms with Gasteiger partial charge in [0.05, 0.1) is 0 Å². The van der Waals surface area contributed by atoms with Crippen LogP contribution in [0.4, 0.5) is 0 Å². The molecular formula is C8H18O3P+. The van der Waals surface area contributed by atoms with E-state index in [1.165, 1.54) is 19.8 Å². The predicted molar refractivity (Wildman–Crippen MR) is 49.4 cm³/mol. The molecule has 4 heteroatoms. The van der Waals surface area contributed by atoms with Gasteiger partial charge in [-0.05, 0) is 11.0 Å². The van der Waals surface area contributed by atoms with E-state index in [-0.39, 0.29) is 0 Å². The first-order valence-electron chi connectivity index (χ1n) is 4.45. The van der Waals surface area contributed by atoms with Crippen molar-refractivity contribution >= 4 is 8.03 Å². The largest absolute Gasteiger partial charge is 0.539 e. The zero-order valence-corrected chi connectivity index (χ0v) is 8.72. The molecule has 12 heavy (non-hydrogen) atoms. The average Bonchev–Trinajstić information content (AvgIpc) is 2.03. The fourth-order valence-electron chi connectivity index (χ4n) is 0.791. The summed E-state index contributed by atoms with van der Waals surface area (Å²) in [6.07, 6.45) is 4.42. The van der Waals surface area contributed by atoms with E-state index in [2.05, 4.69) is 6.92 Å². The summed E-state index contributed by atoms with van der Waals surface area (Å²) < 4.78 is 15.8. The number of hydrogen-bond acceptors (Lipinski definition) is 3. The lowest BCUT2D eigenvalue weighted by atomic mass is 10.2. The van der Waals surface area contributed by atoms with Crippen LogP contribution in [0.3, 0.4) is 0 Å². The van der Waals surface area contributed by atoms with Gasteiger partial charge in [0.1, 0.15) is 6.61 Å². The van der Waals surface area contributed by atoms with E-state index in [1.807, 2.05) is 0 Å². The minimum absolute atomic E-state index is 0.500. The average molecular weight is 193 g/mol. The lowest BCUT2D eigenvalue weighted by Gasteiger charge is -1.94. The maximum atomic E-state index is 10.9. The second-order valence-corrected chi connectivity index (χ2v) is 4.39. The van der Waals surface area contributed by atoms with Gasteiger partial charge >= 0.3 is 8.03 Å². The van der Waals surface area contributed by atoms with Crippen molar-refractivity contribution in [1.82, 2.24) is 0 Å². The van der Waals surface area contributed by atoms with Crippen LogP contribution in [0.2, 0.25) is 0 Å². The Morgan fingerprint density at radius 1 is 1.42 bits per heavy atom. The number of aliphatic hydroxyl groups excluding tert-OH is 1. The molecule has 0 amide bonds. The highest BCUT2D eigenvalue weighted by Crippen LogP contribution is 2.27. The number of rotatable bonds is 7. The van der Waals surface area contributed by atoms with E-state index in [0.29, 0.717) is 6.61 Å². The van der Waals surface area contributed by atoms with Crippen molar-refractivity contribution in [2.45, 2.75) is 45.4 Å². The molecule has 0 spiro atoms. The second kappa shape index (κ2) is 7.66. The van der Waals surface area contributed by atoms with Crippen LogP contribution < -0.4 is 0 Å². The summed E-state index contributed by atoms with van der Waals surface area (Å²) in [6.45, 7) is 4.11. The Morgan fingerprint density at radius 3 is 2.58 bits per heavy atom. The fourth-order valence-corrected chi connectivity index (χ4v) is 1.32. The Kier molecular flexibility index (Phi) is 7.67. The molecule has 0 aromatic carbocycles. The van der Waals surface area contributed by atoms with Crippen molar-refractivity contribution in [3.63, 3.8) is 0 Å². The van der Waals surface area contributed by atoms with Crippen LogP contribution in [0.25, 0.3) is 0 Å². The van der Waals surface area contributed by atoms with Gasteiger partial charge in [0, 0.05) is 6.92 Å². The van der Waals surface area contributed by atoms with Crippen LogP contribution in [0.5, 0.6) is 0 Å². The van der Waals surface area contributed by atoms with Crippen LogP contribution in [0, 0.1) is 0 Å². The van der Waals surface area contributed by atoms with Gasteiger partial charge in [-0.25, -0.2) is 0 Å². The van der Waals surface area contributed by atoms with E-state index in [9.17, 15) is 4.57 Å². The van der Waals surface area contributed by atoms with Crippen LogP contribution in [0.1, 0.15) is 39.5 Å². The molecule has 0 aliphatic heterocycles. The fraction of sp³-hybridized carbons (Fsp3) is 1.00. The summed E-state index contributed by atoms with van der Waals surface area (Å²) in [5.41, 5.74) is 0. The molecule has 0 aliphatic rings. The standard InChI is InChI=1S/C8H18O3P/c1-3-4-5-6-7-11-12(10)8(2)9/h8-9H,3-7H2,1-2H3/q+1. The minimum Gasteiger partial charge on any atom is -0.349 e. The molecule has 0 fully saturated rings. The SMILES string of the molecule is CCCCCCO[P+](=O)C(C)O. The molecule has 0 aliphatic carbocycles. The lowest BCUT2D eigenvalue weighted by Crippen LogP contribution is -1.96. The topological polar surface area (TPSA) is 46.5 Å². The smallest absolute Gasteiger partial charge is 0.349 e. The molecule has 3 nitrogen and oxygen atoms in total. The summed E-state index contributed by atoms with van der Waals surface area (Å²) in [5, 5.41) is 8.81. The van der Waals surface area contributed by atoms with Gasteiger partial charge in [0.25, 0.3) is 5.85 Å². The third kappa shape index (κ3) is 6.71. The highest BCUT2D eigenvalue weighted by Gasteiger charge is 2.24. The predicted octanol–water partition coefficient (Wildman–Crippen LogP) is 2.66. The quantitative estimate of drug-likeness (QED) is 0.499. The number of unbranched alkanes of at least 4 members (excludes halogenated alkanes) is 3. The van der Waals surface area contributed by atoms with Gasteiger partial charge in [-0.1, -0.05) is 26.2 Å². The molecule has 0 bridgehead atoms. The molecular weight excluding hydrogens is 175 g/mol. The van der Waals surface area contributed by atoms with Gasteiger partial charge in [-0.3, -0.25) is 0 Å². The van der Waals surface area contributed by atoms with E-state index in [0.717, 1.165) is 12.8 Å². The van der Waals surface area contributed by atoms with Gasteiger partial charge in [-0.2, -0.15) is 0 Å². The molecule has 0 saturated heterocycles. The lowest BCUT2D eigenvalue weighted by molar-refractivity contribution is 0.230. The monoisotopic (exact) mass is 193 g/mol. The van der Waals surface area contributed by atoms with Crippen molar-refractivity contribution in [3.05, 3.63) is 0 Å². The van der Waals surface area contributed by atoms with Crippen molar-refractivity contribution in [1.29, 1.82) is 0 Å². The molecule has 72 valence electrons. The highest BCUT2D eigenvalue weighted by atomic mass is 31.1. The third-order valence-corrected chi connectivity index (χ3v) is 2.57. The van der Waals surface area contributed by atoms with Gasteiger partial charge in [-0.15, -0.1) is 4.52 Å². The summed E-state index contributed by atoms with van der Waals surface area (Å²) >= 11 is 0. The van der Waals surface area contributed by atoms with Gasteiger partial charge in [0.2, 0.25) is 0 Å². The van der Waals surface area contributed by atoms with Crippen LogP contribution in [-0.4, -0.2) is 17.6 Å². The molecule has 0 heterocycles. The van der Waals surface area contributed by atoms with E-state index < -0.39 is 13.9 Å². The number of aliphatic hydroxyl groups is 1. The summed E-state index contributed by atoms with van der Waals surface area (Å²) in [5.74, 6) is -0.842. The Hall–Kier alpha value is 0.0200. The van der Waals surface area contributed by atoms with Crippen LogP contribution >= 0.6 is 8.03 Å². The van der Waals surface area contributed by atoms with Crippen molar-refractivity contribution in [2.75, 3.05) is 6.61 Å². The van der Waals surface area contributed by atoms with Gasteiger partial charge in [0.15, 0.2) is 0 Å². The highest BCUT2D eigenvalue weighted by molar-refractivity contribution is 7.39. The Balaban J connectivity index is 3.14. The van der Waals surface area contributed by atoms with Crippen molar-refractivity contribution < 1.29 is 14.2 Å². The zero-order chi connectivity index (χ0) is 9.40. The second-order valence-electron chi connectivity index (χ2n) is 2.81. The first kappa shape index (κ1) is 12.0. The summed E-state index contributed by atoms with van der Waals surface area (Å²) in [4.78, 5) is 0. The first-order chi connectivity index (χ1) is 5.68. The molecule has 2 atom stereocenters. The van der Waals surface area contributed by atoms with Crippen molar-refractivity contribution in [3.8, 4) is 0 Å².